The number of halogens is 1. The first kappa shape index (κ1) is 18.1. The summed E-state index contributed by atoms with van der Waals surface area (Å²) in [5, 5.41) is 2.90. The predicted octanol–water partition coefficient (Wildman–Crippen LogP) is 2.61. The lowest BCUT2D eigenvalue weighted by molar-refractivity contribution is 0.0256. The van der Waals surface area contributed by atoms with Crippen molar-refractivity contribution in [1.82, 2.24) is 15.1 Å². The van der Waals surface area contributed by atoms with Crippen molar-refractivity contribution < 1.29 is 13.9 Å². The fraction of sp³-hybridized carbons (Fsp3) is 0.632. The molecule has 2 heterocycles. The SMILES string of the molecule is O=C(NCc1cccc(F)c1)N1CCCO[C@H](CN2CCCCC2)C1. The molecule has 2 amide bonds. The summed E-state index contributed by atoms with van der Waals surface area (Å²) < 4.78 is 19.2. The van der Waals surface area contributed by atoms with Crippen LogP contribution in [0.25, 0.3) is 0 Å². The number of ether oxygens (including phenoxy) is 1. The third kappa shape index (κ3) is 5.68. The summed E-state index contributed by atoms with van der Waals surface area (Å²) in [7, 11) is 0. The van der Waals surface area contributed by atoms with Gasteiger partial charge in [-0.2, -0.15) is 0 Å². The number of nitrogens with zero attached hydrogens (tertiary/aromatic N) is 2. The molecule has 0 saturated carbocycles. The summed E-state index contributed by atoms with van der Waals surface area (Å²) in [6.07, 6.45) is 4.75. The first-order valence-corrected chi connectivity index (χ1v) is 9.32. The van der Waals surface area contributed by atoms with Crippen molar-refractivity contribution in [2.45, 2.75) is 38.3 Å². The number of carbonyl (C=O) groups excluding carboxylic acids is 1. The molecule has 2 aliphatic rings. The van der Waals surface area contributed by atoms with Gasteiger partial charge in [0.2, 0.25) is 0 Å². The van der Waals surface area contributed by atoms with Crippen LogP contribution in [-0.4, -0.2) is 61.3 Å². The molecule has 0 bridgehead atoms. The van der Waals surface area contributed by atoms with Crippen LogP contribution in [0.15, 0.2) is 24.3 Å². The van der Waals surface area contributed by atoms with Gasteiger partial charge in [-0.3, -0.25) is 0 Å². The summed E-state index contributed by atoms with van der Waals surface area (Å²) in [5.41, 5.74) is 0.768. The average molecular weight is 349 g/mol. The number of carbonyl (C=O) groups is 1. The molecule has 1 atom stereocenters. The van der Waals surface area contributed by atoms with Crippen LogP contribution in [0.2, 0.25) is 0 Å². The van der Waals surface area contributed by atoms with Crippen LogP contribution in [0, 0.1) is 5.82 Å². The molecule has 2 saturated heterocycles. The van der Waals surface area contributed by atoms with E-state index in [0.717, 1.165) is 31.6 Å². The van der Waals surface area contributed by atoms with Gasteiger partial charge >= 0.3 is 6.03 Å². The van der Waals surface area contributed by atoms with Gasteiger partial charge in [0.25, 0.3) is 0 Å². The third-order valence-corrected chi connectivity index (χ3v) is 4.88. The lowest BCUT2D eigenvalue weighted by Crippen LogP contribution is -2.46. The largest absolute Gasteiger partial charge is 0.375 e. The van der Waals surface area contributed by atoms with Gasteiger partial charge in [0.05, 0.1) is 6.10 Å². The highest BCUT2D eigenvalue weighted by Crippen LogP contribution is 2.13. The zero-order valence-corrected chi connectivity index (χ0v) is 14.8. The Kier molecular flexibility index (Phi) is 6.64. The van der Waals surface area contributed by atoms with E-state index in [1.54, 1.807) is 6.07 Å². The second-order valence-corrected chi connectivity index (χ2v) is 6.94. The third-order valence-electron chi connectivity index (χ3n) is 4.88. The summed E-state index contributed by atoms with van der Waals surface area (Å²) in [6.45, 7) is 5.51. The maximum absolute atomic E-state index is 13.2. The molecule has 0 unspecified atom stereocenters. The van der Waals surface area contributed by atoms with Crippen LogP contribution < -0.4 is 5.32 Å². The normalized spacial score (nSPS) is 22.4. The molecular weight excluding hydrogens is 321 g/mol. The minimum absolute atomic E-state index is 0.0699. The van der Waals surface area contributed by atoms with Gasteiger partial charge < -0.3 is 19.9 Å². The highest BCUT2D eigenvalue weighted by molar-refractivity contribution is 5.74. The van der Waals surface area contributed by atoms with E-state index in [9.17, 15) is 9.18 Å². The number of hydrogen-bond donors (Lipinski definition) is 1. The first-order valence-electron chi connectivity index (χ1n) is 9.32. The second-order valence-electron chi connectivity index (χ2n) is 6.94. The molecule has 0 aromatic heterocycles. The van der Waals surface area contributed by atoms with E-state index in [4.69, 9.17) is 4.74 Å². The van der Waals surface area contributed by atoms with E-state index in [1.165, 1.54) is 31.4 Å². The number of rotatable bonds is 4. The van der Waals surface area contributed by atoms with Gasteiger partial charge in [0.1, 0.15) is 5.82 Å². The lowest BCUT2D eigenvalue weighted by Gasteiger charge is -2.31. The number of nitrogens with one attached hydrogen (secondary N) is 1. The first-order chi connectivity index (χ1) is 12.2. The van der Waals surface area contributed by atoms with Crippen LogP contribution in [0.5, 0.6) is 0 Å². The van der Waals surface area contributed by atoms with E-state index < -0.39 is 0 Å². The Morgan fingerprint density at radius 2 is 2.04 bits per heavy atom. The van der Waals surface area contributed by atoms with Crippen LogP contribution in [0.3, 0.4) is 0 Å². The van der Waals surface area contributed by atoms with Crippen LogP contribution in [0.4, 0.5) is 9.18 Å². The number of benzene rings is 1. The number of piperidine rings is 1. The number of urea groups is 1. The Hall–Kier alpha value is -1.66. The Morgan fingerprint density at radius 1 is 1.20 bits per heavy atom. The molecule has 1 N–H and O–H groups in total. The fourth-order valence-electron chi connectivity index (χ4n) is 3.56. The fourth-order valence-corrected chi connectivity index (χ4v) is 3.56. The van der Waals surface area contributed by atoms with E-state index >= 15 is 0 Å². The monoisotopic (exact) mass is 349 g/mol. The molecule has 3 rings (SSSR count). The molecule has 2 aliphatic heterocycles. The van der Waals surface area contributed by atoms with Crippen LogP contribution in [0.1, 0.15) is 31.2 Å². The maximum atomic E-state index is 13.2. The average Bonchev–Trinajstić information content (AvgIpc) is 2.86. The molecule has 0 radical (unpaired) electrons. The van der Waals surface area contributed by atoms with Gasteiger partial charge in [-0.1, -0.05) is 18.6 Å². The minimum atomic E-state index is -0.281. The van der Waals surface area contributed by atoms with E-state index in [-0.39, 0.29) is 18.0 Å². The number of likely N-dealkylation sites (tertiary alicyclic amines) is 1. The Balaban J connectivity index is 1.50. The van der Waals surface area contributed by atoms with Crippen molar-refractivity contribution in [3.05, 3.63) is 35.6 Å². The highest BCUT2D eigenvalue weighted by Gasteiger charge is 2.24. The number of amides is 2. The standard InChI is InChI=1S/C19H28FN3O2/c20-17-7-4-6-16(12-17)13-21-19(24)23-10-5-11-25-18(15-23)14-22-8-2-1-3-9-22/h4,6-7,12,18H,1-3,5,8-11,13-15H2,(H,21,24)/t18-/m1/s1. The Morgan fingerprint density at radius 3 is 2.84 bits per heavy atom. The van der Waals surface area contributed by atoms with Gasteiger partial charge in [-0.05, 0) is 50.0 Å². The predicted molar refractivity (Wildman–Crippen MR) is 94.9 cm³/mol. The minimum Gasteiger partial charge on any atom is -0.375 e. The van der Waals surface area contributed by atoms with Crippen molar-refractivity contribution in [3.63, 3.8) is 0 Å². The van der Waals surface area contributed by atoms with Crippen LogP contribution >= 0.6 is 0 Å². The molecule has 2 fully saturated rings. The summed E-state index contributed by atoms with van der Waals surface area (Å²) in [6, 6.07) is 6.23. The van der Waals surface area contributed by atoms with Crippen molar-refractivity contribution in [2.24, 2.45) is 0 Å². The zero-order valence-electron chi connectivity index (χ0n) is 14.8. The van der Waals surface area contributed by atoms with Gasteiger partial charge in [-0.25, -0.2) is 9.18 Å². The molecule has 1 aromatic rings. The summed E-state index contributed by atoms with van der Waals surface area (Å²) >= 11 is 0. The van der Waals surface area contributed by atoms with Crippen molar-refractivity contribution in [3.8, 4) is 0 Å². The smallest absolute Gasteiger partial charge is 0.317 e. The molecule has 1 aromatic carbocycles. The molecule has 138 valence electrons. The van der Waals surface area contributed by atoms with E-state index in [1.807, 2.05) is 11.0 Å². The van der Waals surface area contributed by atoms with Gasteiger partial charge in [-0.15, -0.1) is 0 Å². The second kappa shape index (κ2) is 9.15. The summed E-state index contributed by atoms with van der Waals surface area (Å²) in [5.74, 6) is -0.281. The van der Waals surface area contributed by atoms with Gasteiger partial charge in [0, 0.05) is 32.8 Å². The Labute approximate surface area is 149 Å². The maximum Gasteiger partial charge on any atom is 0.317 e. The molecular formula is C19H28FN3O2. The summed E-state index contributed by atoms with van der Waals surface area (Å²) in [4.78, 5) is 16.8. The van der Waals surface area contributed by atoms with Gasteiger partial charge in [0.15, 0.2) is 0 Å². The molecule has 0 aliphatic carbocycles. The highest BCUT2D eigenvalue weighted by atomic mass is 19.1. The van der Waals surface area contributed by atoms with Crippen molar-refractivity contribution in [2.75, 3.05) is 39.3 Å². The Bertz CT molecular complexity index is 563. The van der Waals surface area contributed by atoms with E-state index in [2.05, 4.69) is 10.2 Å². The van der Waals surface area contributed by atoms with Crippen LogP contribution in [-0.2, 0) is 11.3 Å². The van der Waals surface area contributed by atoms with Crippen molar-refractivity contribution >= 4 is 6.03 Å². The number of hydrogen-bond acceptors (Lipinski definition) is 3. The lowest BCUT2D eigenvalue weighted by atomic mass is 10.1. The van der Waals surface area contributed by atoms with Crippen molar-refractivity contribution in [1.29, 1.82) is 0 Å². The topological polar surface area (TPSA) is 44.8 Å². The zero-order chi connectivity index (χ0) is 17.5. The van der Waals surface area contributed by atoms with E-state index in [0.29, 0.717) is 26.2 Å². The molecule has 25 heavy (non-hydrogen) atoms. The molecule has 6 heteroatoms. The molecule has 5 nitrogen and oxygen atoms in total. The quantitative estimate of drug-likeness (QED) is 0.909. The molecule has 0 spiro atoms.